The van der Waals surface area contributed by atoms with Crippen LogP contribution in [0.15, 0.2) is 18.3 Å². The van der Waals surface area contributed by atoms with Crippen molar-refractivity contribution in [1.82, 2.24) is 14.8 Å². The van der Waals surface area contributed by atoms with Crippen molar-refractivity contribution in [2.24, 2.45) is 13.0 Å². The molecule has 2 aromatic rings. The van der Waals surface area contributed by atoms with E-state index in [1.54, 1.807) is 6.92 Å². The predicted octanol–water partition coefficient (Wildman–Crippen LogP) is 4.35. The van der Waals surface area contributed by atoms with Crippen LogP contribution in [-0.4, -0.2) is 33.9 Å². The van der Waals surface area contributed by atoms with Crippen LogP contribution < -0.4 is 0 Å². The molecule has 0 radical (unpaired) electrons. The maximum Gasteiger partial charge on any atom is 0.435 e. The predicted molar refractivity (Wildman–Crippen MR) is 91.0 cm³/mol. The molecule has 0 aliphatic heterocycles. The van der Waals surface area contributed by atoms with Gasteiger partial charge in [0.25, 0.3) is 5.91 Å². The number of aromatic nitrogens is 2. The molecule has 2 heterocycles. The van der Waals surface area contributed by atoms with Crippen LogP contribution in [0.1, 0.15) is 40.2 Å². The Morgan fingerprint density at radius 2 is 2.19 bits per heavy atom. The highest BCUT2D eigenvalue weighted by atomic mass is 35.5. The summed E-state index contributed by atoms with van der Waals surface area (Å²) in [6.07, 6.45) is -2.83. The fourth-order valence-corrected chi connectivity index (χ4v) is 4.43. The van der Waals surface area contributed by atoms with Gasteiger partial charge in [0, 0.05) is 18.1 Å². The Labute approximate surface area is 157 Å². The Balaban J connectivity index is 1.80. The number of carbonyl (C=O) groups is 1. The zero-order valence-corrected chi connectivity index (χ0v) is 15.8. The summed E-state index contributed by atoms with van der Waals surface area (Å²) in [5.41, 5.74) is -1.73. The van der Waals surface area contributed by atoms with E-state index in [9.17, 15) is 18.0 Å². The van der Waals surface area contributed by atoms with Gasteiger partial charge in [-0.05, 0) is 37.3 Å². The fourth-order valence-electron chi connectivity index (χ4n) is 3.18. The number of nitrogens with zero attached hydrogens (tertiary/aromatic N) is 3. The summed E-state index contributed by atoms with van der Waals surface area (Å²) in [5.74, 6) is -0.529. The third kappa shape index (κ3) is 3.60. The lowest BCUT2D eigenvalue weighted by Gasteiger charge is -2.27. The molecule has 1 saturated carbocycles. The average Bonchev–Trinajstić information content (AvgIpc) is 3.07. The topological polar surface area (TPSA) is 47.4 Å². The molecule has 0 N–H and O–H groups in total. The van der Waals surface area contributed by atoms with Gasteiger partial charge in [-0.2, -0.15) is 18.3 Å². The quantitative estimate of drug-likeness (QED) is 0.692. The molecule has 5 nitrogen and oxygen atoms in total. The van der Waals surface area contributed by atoms with Gasteiger partial charge in [0.05, 0.1) is 23.1 Å². The Kier molecular flexibility index (Phi) is 5.06. The van der Waals surface area contributed by atoms with Crippen molar-refractivity contribution >= 4 is 28.8 Å². The number of rotatable bonds is 5. The van der Waals surface area contributed by atoms with Crippen LogP contribution in [-0.2, 0) is 18.1 Å². The molecule has 0 aromatic carbocycles. The van der Waals surface area contributed by atoms with Gasteiger partial charge in [-0.15, -0.1) is 11.3 Å². The van der Waals surface area contributed by atoms with E-state index in [1.807, 2.05) is 12.1 Å². The molecule has 26 heavy (non-hydrogen) atoms. The van der Waals surface area contributed by atoms with Gasteiger partial charge in [-0.1, -0.05) is 11.6 Å². The molecule has 1 aliphatic rings. The number of thiophene rings is 1. The maximum atomic E-state index is 13.1. The highest BCUT2D eigenvalue weighted by Gasteiger charge is 2.48. The summed E-state index contributed by atoms with van der Waals surface area (Å²) < 4.78 is 41.1. The molecule has 1 amide bonds. The van der Waals surface area contributed by atoms with E-state index in [1.165, 1.54) is 25.5 Å². The Morgan fingerprint density at radius 3 is 2.73 bits per heavy atom. The van der Waals surface area contributed by atoms with Crippen LogP contribution in [0.4, 0.5) is 13.2 Å². The van der Waals surface area contributed by atoms with Crippen molar-refractivity contribution in [2.75, 3.05) is 7.11 Å². The first-order valence-corrected chi connectivity index (χ1v) is 9.06. The van der Waals surface area contributed by atoms with Crippen molar-refractivity contribution in [3.05, 3.63) is 38.8 Å². The van der Waals surface area contributed by atoms with Crippen LogP contribution >= 0.6 is 22.9 Å². The van der Waals surface area contributed by atoms with E-state index < -0.39 is 23.3 Å². The lowest BCUT2D eigenvalue weighted by molar-refractivity contribution is -0.144. The van der Waals surface area contributed by atoms with E-state index in [2.05, 4.69) is 5.10 Å². The number of alkyl halides is 3. The maximum absolute atomic E-state index is 13.1. The second-order valence-electron chi connectivity index (χ2n) is 6.26. The highest BCUT2D eigenvalue weighted by molar-refractivity contribution is 7.16. The minimum atomic E-state index is -4.72. The summed E-state index contributed by atoms with van der Waals surface area (Å²) in [5, 5.41) is 4.39. The van der Waals surface area contributed by atoms with Gasteiger partial charge in [0.15, 0.2) is 5.69 Å². The van der Waals surface area contributed by atoms with Gasteiger partial charge in [-0.25, -0.2) is 5.06 Å². The van der Waals surface area contributed by atoms with Crippen molar-refractivity contribution in [3.63, 3.8) is 0 Å². The summed E-state index contributed by atoms with van der Waals surface area (Å²) >= 11 is 7.43. The van der Waals surface area contributed by atoms with E-state index in [-0.39, 0.29) is 17.9 Å². The molecule has 1 aliphatic carbocycles. The lowest BCUT2D eigenvalue weighted by Crippen LogP contribution is -2.40. The van der Waals surface area contributed by atoms with Gasteiger partial charge in [-0.3, -0.25) is 14.3 Å². The number of hydroxylamine groups is 2. The van der Waals surface area contributed by atoms with E-state index in [0.717, 1.165) is 27.2 Å². The first kappa shape index (κ1) is 19.2. The lowest BCUT2D eigenvalue weighted by atomic mass is 10.1. The van der Waals surface area contributed by atoms with Crippen LogP contribution in [0, 0.1) is 5.92 Å². The molecule has 0 saturated heterocycles. The molecular weight excluding hydrogens is 391 g/mol. The molecule has 142 valence electrons. The third-order valence-corrected chi connectivity index (χ3v) is 5.88. The monoisotopic (exact) mass is 407 g/mol. The second kappa shape index (κ2) is 6.86. The number of aryl methyl sites for hydroxylation is 1. The molecule has 10 heteroatoms. The molecule has 1 fully saturated rings. The zero-order valence-electron chi connectivity index (χ0n) is 14.2. The van der Waals surface area contributed by atoms with Crippen LogP contribution in [0.2, 0.25) is 4.34 Å². The summed E-state index contributed by atoms with van der Waals surface area (Å²) in [6.45, 7) is 1.77. The molecule has 3 rings (SSSR count). The summed E-state index contributed by atoms with van der Waals surface area (Å²) in [7, 11) is 2.61. The van der Waals surface area contributed by atoms with Gasteiger partial charge >= 0.3 is 6.18 Å². The zero-order chi connectivity index (χ0) is 19.2. The molecule has 3 unspecified atom stereocenters. The van der Waals surface area contributed by atoms with Gasteiger partial charge < -0.3 is 0 Å². The number of hydrogen-bond acceptors (Lipinski definition) is 4. The number of carbonyl (C=O) groups excluding carboxylic acids is 1. The smallest absolute Gasteiger partial charge is 0.274 e. The average molecular weight is 408 g/mol. The molecule has 2 aromatic heterocycles. The fraction of sp³-hybridized carbons (Fsp3) is 0.500. The van der Waals surface area contributed by atoms with E-state index in [4.69, 9.17) is 16.4 Å². The van der Waals surface area contributed by atoms with E-state index >= 15 is 0 Å². The van der Waals surface area contributed by atoms with Crippen LogP contribution in [0.5, 0.6) is 0 Å². The largest absolute Gasteiger partial charge is 0.435 e. The first-order chi connectivity index (χ1) is 12.1. The molecule has 0 spiro atoms. The van der Waals surface area contributed by atoms with E-state index in [0.29, 0.717) is 4.34 Å². The van der Waals surface area contributed by atoms with Crippen LogP contribution in [0.25, 0.3) is 0 Å². The minimum Gasteiger partial charge on any atom is -0.274 e. The van der Waals surface area contributed by atoms with Gasteiger partial charge in [0.2, 0.25) is 0 Å². The SMILES string of the molecule is CON(C(=O)c1cn(C)nc1C(F)(F)F)C(C)C1CC1c1ccc(Cl)s1. The van der Waals surface area contributed by atoms with Crippen molar-refractivity contribution in [2.45, 2.75) is 31.5 Å². The number of hydrogen-bond donors (Lipinski definition) is 0. The Morgan fingerprint density at radius 1 is 1.50 bits per heavy atom. The standard InChI is InChI=1S/C16H17ClF3N3O2S/c1-8(9-6-10(9)12-4-5-13(17)26-12)23(25-3)15(24)11-7-22(2)21-14(11)16(18,19)20/h4-5,7-10H,6H2,1-3H3. The van der Waals surface area contributed by atoms with Crippen LogP contribution in [0.3, 0.4) is 0 Å². The first-order valence-electron chi connectivity index (χ1n) is 7.87. The Bertz CT molecular complexity index is 820. The Hall–Kier alpha value is -1.58. The van der Waals surface area contributed by atoms with Gasteiger partial charge in [0.1, 0.15) is 0 Å². The molecular formula is C16H17ClF3N3O2S. The number of halogens is 4. The normalized spacial score (nSPS) is 20.9. The highest BCUT2D eigenvalue weighted by Crippen LogP contribution is 2.53. The summed E-state index contributed by atoms with van der Waals surface area (Å²) in [4.78, 5) is 19.0. The second-order valence-corrected chi connectivity index (χ2v) is 8.01. The van der Waals surface area contributed by atoms with Crippen molar-refractivity contribution in [1.29, 1.82) is 0 Å². The van der Waals surface area contributed by atoms with Crippen molar-refractivity contribution < 1.29 is 22.8 Å². The number of amides is 1. The van der Waals surface area contributed by atoms with Crippen molar-refractivity contribution in [3.8, 4) is 0 Å². The molecule has 0 bridgehead atoms. The minimum absolute atomic E-state index is 0.0969. The molecule has 3 atom stereocenters. The summed E-state index contributed by atoms with van der Waals surface area (Å²) in [6, 6.07) is 3.36. The third-order valence-electron chi connectivity index (χ3n) is 4.51.